The van der Waals surface area contributed by atoms with Crippen LogP contribution in [0.4, 0.5) is 10.1 Å². The predicted molar refractivity (Wildman–Crippen MR) is 68.6 cm³/mol. The van der Waals surface area contributed by atoms with Gasteiger partial charge in [-0.3, -0.25) is 4.79 Å². The summed E-state index contributed by atoms with van der Waals surface area (Å²) in [6.07, 6.45) is 0.0373. The van der Waals surface area contributed by atoms with E-state index >= 15 is 0 Å². The van der Waals surface area contributed by atoms with Gasteiger partial charge in [-0.2, -0.15) is 0 Å². The first kappa shape index (κ1) is 14.0. The number of nitrogens with one attached hydrogen (secondary N) is 1. The smallest absolute Gasteiger partial charge is 0.303 e. The number of rotatable bonds is 5. The molecule has 0 heterocycles. The molecular weight excluding hydrogens is 289 g/mol. The minimum Gasteiger partial charge on any atom is -0.481 e. The molecule has 5 heteroatoms. The fraction of sp³-hybridized carbons (Fsp3) is 0.417. The molecule has 0 atom stereocenters. The second-order valence-corrected chi connectivity index (χ2v) is 5.63. The van der Waals surface area contributed by atoms with Crippen LogP contribution in [-0.4, -0.2) is 17.6 Å². The first-order chi connectivity index (χ1) is 7.80. The number of carbonyl (C=O) groups is 1. The van der Waals surface area contributed by atoms with Crippen molar-refractivity contribution in [3.8, 4) is 0 Å². The van der Waals surface area contributed by atoms with Crippen molar-refractivity contribution in [2.24, 2.45) is 5.41 Å². The van der Waals surface area contributed by atoms with Crippen LogP contribution in [-0.2, 0) is 4.79 Å². The molecule has 3 nitrogen and oxygen atoms in total. The lowest BCUT2D eigenvalue weighted by atomic mass is 9.89. The summed E-state index contributed by atoms with van der Waals surface area (Å²) in [5.74, 6) is -1.20. The van der Waals surface area contributed by atoms with Gasteiger partial charge < -0.3 is 10.4 Å². The van der Waals surface area contributed by atoms with Gasteiger partial charge >= 0.3 is 5.97 Å². The Labute approximate surface area is 108 Å². The molecule has 94 valence electrons. The van der Waals surface area contributed by atoms with E-state index < -0.39 is 11.4 Å². The van der Waals surface area contributed by atoms with Crippen LogP contribution in [0, 0.1) is 11.2 Å². The Bertz CT molecular complexity index is 421. The monoisotopic (exact) mass is 303 g/mol. The normalized spacial score (nSPS) is 11.3. The lowest BCUT2D eigenvalue weighted by Gasteiger charge is -2.23. The first-order valence-electron chi connectivity index (χ1n) is 5.21. The third-order valence-corrected chi connectivity index (χ3v) is 2.81. The van der Waals surface area contributed by atoms with Gasteiger partial charge in [0, 0.05) is 11.0 Å². The van der Waals surface area contributed by atoms with Crippen molar-refractivity contribution in [2.75, 3.05) is 11.9 Å². The highest BCUT2D eigenvalue weighted by atomic mass is 79.9. The van der Waals surface area contributed by atoms with E-state index in [2.05, 4.69) is 21.2 Å². The van der Waals surface area contributed by atoms with Crippen LogP contribution in [0.15, 0.2) is 22.7 Å². The minimum absolute atomic E-state index is 0.0373. The molecule has 1 aromatic carbocycles. The molecule has 0 saturated heterocycles. The molecule has 0 aromatic heterocycles. The minimum atomic E-state index is -0.855. The van der Waals surface area contributed by atoms with E-state index in [-0.39, 0.29) is 12.2 Å². The van der Waals surface area contributed by atoms with Crippen LogP contribution >= 0.6 is 15.9 Å². The summed E-state index contributed by atoms with van der Waals surface area (Å²) >= 11 is 3.26. The molecule has 0 aliphatic carbocycles. The Morgan fingerprint density at radius 2 is 2.18 bits per heavy atom. The average molecular weight is 304 g/mol. The molecule has 0 bridgehead atoms. The highest BCUT2D eigenvalue weighted by molar-refractivity contribution is 9.10. The van der Waals surface area contributed by atoms with Crippen LogP contribution in [0.25, 0.3) is 0 Å². The summed E-state index contributed by atoms with van der Waals surface area (Å²) in [6.45, 7) is 4.04. The van der Waals surface area contributed by atoms with Crippen LogP contribution in [0.3, 0.4) is 0 Å². The summed E-state index contributed by atoms with van der Waals surface area (Å²) in [4.78, 5) is 10.6. The SMILES string of the molecule is CC(C)(CNc1cc(Br)ccc1F)CC(=O)O. The molecule has 2 N–H and O–H groups in total. The lowest BCUT2D eigenvalue weighted by Crippen LogP contribution is -2.26. The molecule has 1 aromatic rings. The van der Waals surface area contributed by atoms with E-state index in [9.17, 15) is 9.18 Å². The van der Waals surface area contributed by atoms with Crippen LogP contribution in [0.1, 0.15) is 20.3 Å². The van der Waals surface area contributed by atoms with Crippen molar-refractivity contribution in [1.82, 2.24) is 0 Å². The van der Waals surface area contributed by atoms with Crippen LogP contribution < -0.4 is 5.32 Å². The number of anilines is 1. The highest BCUT2D eigenvalue weighted by Gasteiger charge is 2.21. The molecule has 1 rings (SSSR count). The van der Waals surface area contributed by atoms with Crippen LogP contribution in [0.5, 0.6) is 0 Å². The summed E-state index contributed by atoms with van der Waals surface area (Å²) in [5.41, 5.74) is -0.0570. The highest BCUT2D eigenvalue weighted by Crippen LogP contribution is 2.24. The topological polar surface area (TPSA) is 49.3 Å². The van der Waals surface area contributed by atoms with E-state index in [1.165, 1.54) is 6.07 Å². The zero-order chi connectivity index (χ0) is 13.1. The maximum absolute atomic E-state index is 13.4. The number of benzene rings is 1. The quantitative estimate of drug-likeness (QED) is 0.875. The van der Waals surface area contributed by atoms with Crippen molar-refractivity contribution in [1.29, 1.82) is 0 Å². The van der Waals surface area contributed by atoms with Gasteiger partial charge in [-0.1, -0.05) is 29.8 Å². The molecular formula is C12H15BrFNO2. The van der Waals surface area contributed by atoms with Gasteiger partial charge in [0.05, 0.1) is 12.1 Å². The van der Waals surface area contributed by atoms with E-state index in [4.69, 9.17) is 5.11 Å². The molecule has 0 aliphatic rings. The lowest BCUT2D eigenvalue weighted by molar-refractivity contribution is -0.139. The van der Waals surface area contributed by atoms with Crippen molar-refractivity contribution in [2.45, 2.75) is 20.3 Å². The molecule has 0 unspecified atom stereocenters. The van der Waals surface area contributed by atoms with Crippen molar-refractivity contribution >= 4 is 27.6 Å². The number of carboxylic acid groups (broad SMARTS) is 1. The molecule has 0 saturated carbocycles. The number of hydrogen-bond donors (Lipinski definition) is 2. The van der Waals surface area contributed by atoms with E-state index in [1.807, 2.05) is 13.8 Å². The van der Waals surface area contributed by atoms with Crippen molar-refractivity contribution < 1.29 is 14.3 Å². The van der Waals surface area contributed by atoms with Gasteiger partial charge in [-0.15, -0.1) is 0 Å². The van der Waals surface area contributed by atoms with Crippen LogP contribution in [0.2, 0.25) is 0 Å². The first-order valence-corrected chi connectivity index (χ1v) is 6.00. The largest absolute Gasteiger partial charge is 0.481 e. The number of carboxylic acids is 1. The molecule has 0 spiro atoms. The molecule has 0 radical (unpaired) electrons. The average Bonchev–Trinajstić information content (AvgIpc) is 2.17. The Morgan fingerprint density at radius 1 is 1.53 bits per heavy atom. The van der Waals surface area contributed by atoms with E-state index in [0.29, 0.717) is 12.2 Å². The Balaban J connectivity index is 2.66. The molecule has 0 fully saturated rings. The zero-order valence-electron chi connectivity index (χ0n) is 9.76. The predicted octanol–water partition coefficient (Wildman–Crippen LogP) is 3.50. The van der Waals surface area contributed by atoms with Crippen molar-refractivity contribution in [3.63, 3.8) is 0 Å². The van der Waals surface area contributed by atoms with E-state index in [1.54, 1.807) is 12.1 Å². The molecule has 0 aliphatic heterocycles. The second-order valence-electron chi connectivity index (χ2n) is 4.71. The summed E-state index contributed by atoms with van der Waals surface area (Å²) in [6, 6.07) is 4.60. The third-order valence-electron chi connectivity index (χ3n) is 2.32. The maximum atomic E-state index is 13.4. The number of halogens is 2. The number of aliphatic carboxylic acids is 1. The Morgan fingerprint density at radius 3 is 2.76 bits per heavy atom. The summed E-state index contributed by atoms with van der Waals surface area (Å²) < 4.78 is 14.2. The third kappa shape index (κ3) is 4.73. The fourth-order valence-corrected chi connectivity index (χ4v) is 1.80. The second kappa shape index (κ2) is 5.49. The Hall–Kier alpha value is -1.10. The van der Waals surface area contributed by atoms with Gasteiger partial charge in [0.1, 0.15) is 5.82 Å². The van der Waals surface area contributed by atoms with Crippen molar-refractivity contribution in [3.05, 3.63) is 28.5 Å². The van der Waals surface area contributed by atoms with Gasteiger partial charge in [0.25, 0.3) is 0 Å². The maximum Gasteiger partial charge on any atom is 0.303 e. The van der Waals surface area contributed by atoms with Gasteiger partial charge in [0.2, 0.25) is 0 Å². The number of hydrogen-bond acceptors (Lipinski definition) is 2. The van der Waals surface area contributed by atoms with Gasteiger partial charge in [-0.25, -0.2) is 4.39 Å². The fourth-order valence-electron chi connectivity index (χ4n) is 1.44. The zero-order valence-corrected chi connectivity index (χ0v) is 11.3. The summed E-state index contributed by atoms with van der Waals surface area (Å²) in [7, 11) is 0. The molecule has 0 amide bonds. The standard InChI is InChI=1S/C12H15BrFNO2/c1-12(2,6-11(16)17)7-15-10-5-8(13)3-4-9(10)14/h3-5,15H,6-7H2,1-2H3,(H,16,17). The summed E-state index contributed by atoms with van der Waals surface area (Å²) in [5, 5.41) is 11.7. The van der Waals surface area contributed by atoms with E-state index in [0.717, 1.165) is 4.47 Å². The van der Waals surface area contributed by atoms with Gasteiger partial charge in [-0.05, 0) is 23.6 Å². The Kier molecular flexibility index (Phi) is 4.51. The molecule has 17 heavy (non-hydrogen) atoms. The van der Waals surface area contributed by atoms with Gasteiger partial charge in [0.15, 0.2) is 0 Å².